The lowest BCUT2D eigenvalue weighted by atomic mass is 9.67. The van der Waals surface area contributed by atoms with Crippen molar-refractivity contribution in [3.63, 3.8) is 0 Å². The van der Waals surface area contributed by atoms with Crippen molar-refractivity contribution in [1.82, 2.24) is 15.0 Å². The van der Waals surface area contributed by atoms with Crippen LogP contribution in [0.4, 0.5) is 0 Å². The molecule has 0 N–H and O–H groups in total. The molecule has 7 aromatic carbocycles. The first kappa shape index (κ1) is 32.4. The van der Waals surface area contributed by atoms with Crippen molar-refractivity contribution in [1.29, 1.82) is 0 Å². The number of rotatable bonds is 7. The van der Waals surface area contributed by atoms with E-state index in [4.69, 9.17) is 15.0 Å². The minimum Gasteiger partial charge on any atom is -0.256 e. The highest BCUT2D eigenvalue weighted by Crippen LogP contribution is 2.58. The molecule has 0 radical (unpaired) electrons. The lowest BCUT2D eigenvalue weighted by molar-refractivity contribution is 0.768. The number of fused-ring (bicyclic) bond motifs is 3. The Morgan fingerprint density at radius 2 is 0.836 bits per heavy atom. The third kappa shape index (κ3) is 5.57. The van der Waals surface area contributed by atoms with Gasteiger partial charge in [0.1, 0.15) is 0 Å². The summed E-state index contributed by atoms with van der Waals surface area (Å²) in [6.07, 6.45) is 1.93. The predicted octanol–water partition coefficient (Wildman–Crippen LogP) is 12.6. The predicted molar refractivity (Wildman–Crippen MR) is 224 cm³/mol. The Kier molecular flexibility index (Phi) is 8.04. The second-order valence-corrected chi connectivity index (χ2v) is 14.0. The van der Waals surface area contributed by atoms with Crippen LogP contribution < -0.4 is 0 Å². The maximum absolute atomic E-state index is 5.38. The average molecular weight is 702 g/mol. The highest BCUT2D eigenvalue weighted by molar-refractivity contribution is 5.95. The van der Waals surface area contributed by atoms with Gasteiger partial charge < -0.3 is 0 Å². The van der Waals surface area contributed by atoms with E-state index < -0.39 is 5.41 Å². The van der Waals surface area contributed by atoms with Crippen LogP contribution >= 0.6 is 0 Å². The number of benzene rings is 7. The van der Waals surface area contributed by atoms with E-state index in [1.54, 1.807) is 0 Å². The van der Waals surface area contributed by atoms with Crippen LogP contribution in [0.15, 0.2) is 212 Å². The third-order valence-electron chi connectivity index (χ3n) is 10.9. The van der Waals surface area contributed by atoms with Gasteiger partial charge in [0.15, 0.2) is 5.82 Å². The van der Waals surface area contributed by atoms with Crippen LogP contribution in [0.2, 0.25) is 0 Å². The second kappa shape index (κ2) is 13.6. The van der Waals surface area contributed by atoms with Gasteiger partial charge in [-0.15, -0.1) is 0 Å². The van der Waals surface area contributed by atoms with Crippen molar-refractivity contribution < 1.29 is 0 Å². The quantitative estimate of drug-likeness (QED) is 0.166. The molecule has 1 aliphatic carbocycles. The molecule has 0 spiro atoms. The zero-order valence-corrected chi connectivity index (χ0v) is 30.0. The second-order valence-electron chi connectivity index (χ2n) is 14.0. The first-order valence-electron chi connectivity index (χ1n) is 18.7. The summed E-state index contributed by atoms with van der Waals surface area (Å²) in [5.41, 5.74) is 15.8. The van der Waals surface area contributed by atoms with Crippen LogP contribution in [-0.4, -0.2) is 15.0 Å². The molecule has 3 heteroatoms. The summed E-state index contributed by atoms with van der Waals surface area (Å²) in [7, 11) is 0. The molecule has 1 aliphatic rings. The average Bonchev–Trinajstić information content (AvgIpc) is 3.59. The summed E-state index contributed by atoms with van der Waals surface area (Å²) in [5.74, 6) is 0.667. The van der Waals surface area contributed by atoms with Gasteiger partial charge in [0.05, 0.1) is 22.5 Å². The Morgan fingerprint density at radius 1 is 0.327 bits per heavy atom. The summed E-state index contributed by atoms with van der Waals surface area (Å²) in [6.45, 7) is 0. The van der Waals surface area contributed by atoms with Crippen molar-refractivity contribution in [2.45, 2.75) is 5.41 Å². The first-order chi connectivity index (χ1) is 27.3. The van der Waals surface area contributed by atoms with Gasteiger partial charge in [-0.25, -0.2) is 9.97 Å². The van der Waals surface area contributed by atoms with Gasteiger partial charge in [0.2, 0.25) is 0 Å². The monoisotopic (exact) mass is 701 g/mol. The number of nitrogens with zero attached hydrogens (tertiary/aromatic N) is 3. The van der Waals surface area contributed by atoms with E-state index in [0.717, 1.165) is 44.9 Å². The van der Waals surface area contributed by atoms with Crippen LogP contribution in [0.3, 0.4) is 0 Å². The minimum atomic E-state index is -0.506. The molecule has 0 saturated carbocycles. The molecule has 0 saturated heterocycles. The zero-order valence-electron chi connectivity index (χ0n) is 30.0. The molecule has 0 bridgehead atoms. The highest BCUT2D eigenvalue weighted by atomic mass is 14.9. The fourth-order valence-corrected chi connectivity index (χ4v) is 8.34. The summed E-state index contributed by atoms with van der Waals surface area (Å²) >= 11 is 0. The van der Waals surface area contributed by atoms with Gasteiger partial charge in [-0.3, -0.25) is 4.98 Å². The van der Waals surface area contributed by atoms with E-state index in [1.807, 2.05) is 30.5 Å². The molecule has 0 amide bonds. The molecular formula is C52H35N3. The van der Waals surface area contributed by atoms with E-state index in [9.17, 15) is 0 Å². The standard InChI is InChI=1S/C52H35N3/c1-5-16-36(17-6-1)37-28-30-39(31-29-37)51-54-48(40-32-33-47(53-35-40)38-18-7-2-8-19-38)34-49(55-51)44-25-15-27-46-50(44)43-24-13-14-26-45(43)52(46,41-20-9-3-10-21-41)42-22-11-4-12-23-42/h1-35H. The molecule has 0 fully saturated rings. The molecule has 2 heterocycles. The van der Waals surface area contributed by atoms with Crippen LogP contribution in [0, 0.1) is 0 Å². The molecule has 55 heavy (non-hydrogen) atoms. The van der Waals surface area contributed by atoms with Crippen molar-refractivity contribution >= 4 is 0 Å². The van der Waals surface area contributed by atoms with Crippen LogP contribution in [0.25, 0.3) is 67.4 Å². The summed E-state index contributed by atoms with van der Waals surface area (Å²) < 4.78 is 0. The molecule has 3 nitrogen and oxygen atoms in total. The van der Waals surface area contributed by atoms with Crippen molar-refractivity contribution in [3.8, 4) is 67.4 Å². The lowest BCUT2D eigenvalue weighted by Crippen LogP contribution is -2.28. The minimum absolute atomic E-state index is 0.506. The van der Waals surface area contributed by atoms with E-state index in [2.05, 4.69) is 182 Å². The topological polar surface area (TPSA) is 38.7 Å². The van der Waals surface area contributed by atoms with Gasteiger partial charge in [0, 0.05) is 28.5 Å². The highest BCUT2D eigenvalue weighted by Gasteiger charge is 2.46. The largest absolute Gasteiger partial charge is 0.256 e. The van der Waals surface area contributed by atoms with E-state index in [1.165, 1.54) is 38.9 Å². The Hall–Kier alpha value is -7.23. The lowest BCUT2D eigenvalue weighted by Gasteiger charge is -2.33. The maximum atomic E-state index is 5.38. The molecule has 258 valence electrons. The Labute approximate surface area is 321 Å². The fraction of sp³-hybridized carbons (Fsp3) is 0.0192. The van der Waals surface area contributed by atoms with Crippen LogP contribution in [0.1, 0.15) is 22.3 Å². The van der Waals surface area contributed by atoms with Gasteiger partial charge in [-0.05, 0) is 62.7 Å². The van der Waals surface area contributed by atoms with Gasteiger partial charge in [0.25, 0.3) is 0 Å². The Balaban J connectivity index is 1.19. The van der Waals surface area contributed by atoms with Crippen LogP contribution in [0.5, 0.6) is 0 Å². The SMILES string of the molecule is c1ccc(-c2ccc(-c3nc(-c4ccc(-c5ccccc5)nc4)cc(-c4cccc5c4-c4ccccc4C5(c4ccccc4)c4ccccc4)n3)cc2)cc1. The number of hydrogen-bond acceptors (Lipinski definition) is 3. The molecule has 0 aliphatic heterocycles. The Morgan fingerprint density at radius 3 is 1.49 bits per heavy atom. The third-order valence-corrected chi connectivity index (χ3v) is 10.9. The van der Waals surface area contributed by atoms with E-state index in [-0.39, 0.29) is 0 Å². The van der Waals surface area contributed by atoms with E-state index in [0.29, 0.717) is 5.82 Å². The Bertz CT molecular complexity index is 2620. The number of pyridine rings is 1. The molecule has 0 unspecified atom stereocenters. The molecular weight excluding hydrogens is 667 g/mol. The van der Waals surface area contributed by atoms with E-state index >= 15 is 0 Å². The zero-order chi connectivity index (χ0) is 36.6. The summed E-state index contributed by atoms with van der Waals surface area (Å²) in [6, 6.07) is 73.0. The maximum Gasteiger partial charge on any atom is 0.160 e. The van der Waals surface area contributed by atoms with Crippen molar-refractivity contribution in [2.24, 2.45) is 0 Å². The van der Waals surface area contributed by atoms with Gasteiger partial charge in [-0.1, -0.05) is 188 Å². The first-order valence-corrected chi connectivity index (χ1v) is 18.7. The van der Waals surface area contributed by atoms with Crippen molar-refractivity contribution in [2.75, 3.05) is 0 Å². The molecule has 9 aromatic rings. The summed E-state index contributed by atoms with van der Waals surface area (Å²) in [4.78, 5) is 15.5. The van der Waals surface area contributed by atoms with Gasteiger partial charge >= 0.3 is 0 Å². The smallest absolute Gasteiger partial charge is 0.160 e. The normalized spacial score (nSPS) is 12.5. The molecule has 10 rings (SSSR count). The fourth-order valence-electron chi connectivity index (χ4n) is 8.34. The number of aromatic nitrogens is 3. The van der Waals surface area contributed by atoms with Crippen LogP contribution in [-0.2, 0) is 5.41 Å². The molecule has 0 atom stereocenters. The van der Waals surface area contributed by atoms with Gasteiger partial charge in [-0.2, -0.15) is 0 Å². The molecule has 2 aromatic heterocycles. The summed E-state index contributed by atoms with van der Waals surface area (Å²) in [5, 5.41) is 0. The van der Waals surface area contributed by atoms with Crippen molar-refractivity contribution in [3.05, 3.63) is 235 Å². The number of hydrogen-bond donors (Lipinski definition) is 0.